The number of fused-ring (bicyclic) bond motifs is 5. The van der Waals surface area contributed by atoms with Crippen LogP contribution in [-0.2, 0) is 0 Å². The zero-order chi connectivity index (χ0) is 30.5. The first kappa shape index (κ1) is 26.0. The summed E-state index contributed by atoms with van der Waals surface area (Å²) in [4.78, 5) is 23.5. The van der Waals surface area contributed by atoms with Gasteiger partial charge in [-0.15, -0.1) is 0 Å². The normalized spacial score (nSPS) is 11.5. The number of para-hydroxylation sites is 1. The summed E-state index contributed by atoms with van der Waals surface area (Å²) in [6.07, 6.45) is 7.18. The Hall–Kier alpha value is -6.47. The molecule has 0 aliphatic heterocycles. The average molecular weight is 593 g/mol. The van der Waals surface area contributed by atoms with Crippen LogP contribution in [0.2, 0.25) is 0 Å². The van der Waals surface area contributed by atoms with E-state index in [4.69, 9.17) is 19.4 Å². The molecule has 0 radical (unpaired) electrons. The van der Waals surface area contributed by atoms with Crippen molar-refractivity contribution >= 4 is 32.9 Å². The number of aromatic nitrogens is 6. The Labute approximate surface area is 263 Å². The molecule has 0 saturated heterocycles. The fourth-order valence-corrected chi connectivity index (χ4v) is 6.09. The molecule has 0 atom stereocenters. The summed E-state index contributed by atoms with van der Waals surface area (Å²) in [5, 5.41) is 2.02. The third-order valence-corrected chi connectivity index (χ3v) is 8.30. The highest BCUT2D eigenvalue weighted by molar-refractivity contribution is 6.19. The largest absolute Gasteiger partial charge is 0.435 e. The second-order valence-electron chi connectivity index (χ2n) is 11.0. The van der Waals surface area contributed by atoms with E-state index in [9.17, 15) is 0 Å². The van der Waals surface area contributed by atoms with E-state index in [1.807, 2.05) is 91.3 Å². The Kier molecular flexibility index (Phi) is 5.99. The third-order valence-electron chi connectivity index (χ3n) is 8.30. The fraction of sp³-hybridized carbons (Fsp3) is 0. The quantitative estimate of drug-likeness (QED) is 0.198. The molecule has 0 aliphatic rings. The molecular formula is C39H24N6O. The molecule has 4 aromatic carbocycles. The first-order valence-electron chi connectivity index (χ1n) is 15.0. The summed E-state index contributed by atoms with van der Waals surface area (Å²) in [5.41, 5.74) is 10.2. The van der Waals surface area contributed by atoms with Gasteiger partial charge in [0.1, 0.15) is 5.52 Å². The van der Waals surface area contributed by atoms with Gasteiger partial charge >= 0.3 is 0 Å². The smallest absolute Gasteiger partial charge is 0.235 e. The van der Waals surface area contributed by atoms with Crippen molar-refractivity contribution in [3.63, 3.8) is 0 Å². The van der Waals surface area contributed by atoms with Gasteiger partial charge in [0.15, 0.2) is 5.58 Å². The molecule has 7 heteroatoms. The summed E-state index contributed by atoms with van der Waals surface area (Å²) in [6, 6.07) is 40.8. The maximum Gasteiger partial charge on any atom is 0.235 e. The van der Waals surface area contributed by atoms with E-state index >= 15 is 0 Å². The molecule has 0 amide bonds. The molecule has 0 aliphatic carbocycles. The van der Waals surface area contributed by atoms with Crippen LogP contribution in [0.25, 0.3) is 83.9 Å². The predicted molar refractivity (Wildman–Crippen MR) is 181 cm³/mol. The topological polar surface area (TPSA) is 82.5 Å². The Morgan fingerprint density at radius 1 is 0.478 bits per heavy atom. The molecule has 9 aromatic rings. The van der Waals surface area contributed by atoms with Crippen LogP contribution in [-0.4, -0.2) is 29.5 Å². The minimum atomic E-state index is 0.566. The maximum atomic E-state index is 6.48. The van der Waals surface area contributed by atoms with Crippen LogP contribution in [0, 0.1) is 0 Å². The number of hydrogen-bond donors (Lipinski definition) is 0. The van der Waals surface area contributed by atoms with Crippen molar-refractivity contribution in [2.75, 3.05) is 0 Å². The molecule has 9 rings (SSSR count). The van der Waals surface area contributed by atoms with Gasteiger partial charge in [0.2, 0.25) is 11.8 Å². The van der Waals surface area contributed by atoms with E-state index in [2.05, 4.69) is 57.0 Å². The highest BCUT2D eigenvalue weighted by Gasteiger charge is 2.21. The van der Waals surface area contributed by atoms with Gasteiger partial charge in [0.05, 0.1) is 27.8 Å². The van der Waals surface area contributed by atoms with Gasteiger partial charge in [0, 0.05) is 46.9 Å². The summed E-state index contributed by atoms with van der Waals surface area (Å²) >= 11 is 0. The lowest BCUT2D eigenvalue weighted by atomic mass is 10.0. The van der Waals surface area contributed by atoms with Crippen molar-refractivity contribution < 1.29 is 4.42 Å². The summed E-state index contributed by atoms with van der Waals surface area (Å²) < 4.78 is 8.60. The molecule has 5 heterocycles. The zero-order valence-electron chi connectivity index (χ0n) is 24.4. The Morgan fingerprint density at radius 2 is 1.09 bits per heavy atom. The van der Waals surface area contributed by atoms with E-state index < -0.39 is 0 Å². The molecule has 0 saturated carbocycles. The third kappa shape index (κ3) is 4.33. The van der Waals surface area contributed by atoms with Crippen LogP contribution in [0.15, 0.2) is 151 Å². The molecule has 5 aromatic heterocycles. The first-order valence-corrected chi connectivity index (χ1v) is 15.0. The van der Waals surface area contributed by atoms with Gasteiger partial charge < -0.3 is 4.42 Å². The van der Waals surface area contributed by atoms with Crippen LogP contribution < -0.4 is 0 Å². The zero-order valence-corrected chi connectivity index (χ0v) is 24.4. The number of rotatable bonds is 5. The molecule has 0 unspecified atom stereocenters. The SMILES string of the molecule is c1ccc(-c2nc3ccc4c(c5ccccc5n4-c4nc(-c5ccncc5)cc(-c5ccc(-c6ccncc6)cc5)n4)c3o2)cc1. The fourth-order valence-electron chi connectivity index (χ4n) is 6.09. The van der Waals surface area contributed by atoms with Crippen LogP contribution in [0.3, 0.4) is 0 Å². The highest BCUT2D eigenvalue weighted by atomic mass is 16.3. The van der Waals surface area contributed by atoms with Crippen LogP contribution in [0.4, 0.5) is 0 Å². The van der Waals surface area contributed by atoms with E-state index in [1.165, 1.54) is 0 Å². The van der Waals surface area contributed by atoms with Gasteiger partial charge in [-0.1, -0.05) is 60.7 Å². The number of benzene rings is 4. The number of nitrogens with zero attached hydrogens (tertiary/aromatic N) is 6. The molecule has 216 valence electrons. The highest BCUT2D eigenvalue weighted by Crippen LogP contribution is 2.38. The van der Waals surface area contributed by atoms with E-state index in [0.717, 1.165) is 72.1 Å². The number of oxazole rings is 1. The second-order valence-corrected chi connectivity index (χ2v) is 11.0. The van der Waals surface area contributed by atoms with Gasteiger partial charge in [-0.25, -0.2) is 15.0 Å². The molecule has 46 heavy (non-hydrogen) atoms. The van der Waals surface area contributed by atoms with Crippen molar-refractivity contribution in [1.29, 1.82) is 0 Å². The molecule has 7 nitrogen and oxygen atoms in total. The Morgan fingerprint density at radius 3 is 1.83 bits per heavy atom. The van der Waals surface area contributed by atoms with E-state index in [-0.39, 0.29) is 0 Å². The van der Waals surface area contributed by atoms with Crippen molar-refractivity contribution in [1.82, 2.24) is 29.5 Å². The standard InChI is InChI=1S/C39H24N6O/c1-2-6-29(7-3-1)38-42-31-14-15-35-36(37(31)46-38)30-8-4-5-9-34(30)45(35)39-43-32(24-33(44-39)28-18-22-41-23-19-28)27-12-10-25(11-13-27)26-16-20-40-21-17-26/h1-24H. The summed E-state index contributed by atoms with van der Waals surface area (Å²) in [7, 11) is 0. The van der Waals surface area contributed by atoms with Gasteiger partial charge in [0.25, 0.3) is 0 Å². The average Bonchev–Trinajstić information content (AvgIpc) is 3.72. The lowest BCUT2D eigenvalue weighted by Crippen LogP contribution is -2.04. The van der Waals surface area contributed by atoms with Crippen LogP contribution in [0.5, 0.6) is 0 Å². The van der Waals surface area contributed by atoms with Crippen molar-refractivity contribution in [3.8, 4) is 51.0 Å². The molecule has 0 spiro atoms. The lowest BCUT2D eigenvalue weighted by molar-refractivity contribution is 0.623. The van der Waals surface area contributed by atoms with Crippen molar-refractivity contribution in [3.05, 3.63) is 146 Å². The minimum Gasteiger partial charge on any atom is -0.435 e. The molecule has 0 fully saturated rings. The van der Waals surface area contributed by atoms with E-state index in [0.29, 0.717) is 11.8 Å². The number of hydrogen-bond acceptors (Lipinski definition) is 6. The number of pyridine rings is 2. The van der Waals surface area contributed by atoms with Crippen molar-refractivity contribution in [2.45, 2.75) is 0 Å². The predicted octanol–water partition coefficient (Wildman–Crippen LogP) is 9.17. The molecular weight excluding hydrogens is 568 g/mol. The van der Waals surface area contributed by atoms with Crippen LogP contribution in [0.1, 0.15) is 0 Å². The van der Waals surface area contributed by atoms with Gasteiger partial charge in [-0.2, -0.15) is 0 Å². The lowest BCUT2D eigenvalue weighted by Gasteiger charge is -2.12. The monoisotopic (exact) mass is 592 g/mol. The van der Waals surface area contributed by atoms with E-state index in [1.54, 1.807) is 12.4 Å². The van der Waals surface area contributed by atoms with Gasteiger partial charge in [-0.3, -0.25) is 14.5 Å². The molecule has 0 bridgehead atoms. The summed E-state index contributed by atoms with van der Waals surface area (Å²) in [5.74, 6) is 1.16. The first-order chi connectivity index (χ1) is 22.8. The maximum absolute atomic E-state index is 6.48. The molecule has 0 N–H and O–H groups in total. The van der Waals surface area contributed by atoms with Gasteiger partial charge in [-0.05, 0) is 71.8 Å². The minimum absolute atomic E-state index is 0.566. The summed E-state index contributed by atoms with van der Waals surface area (Å²) in [6.45, 7) is 0. The van der Waals surface area contributed by atoms with Crippen molar-refractivity contribution in [2.24, 2.45) is 0 Å². The second kappa shape index (κ2) is 10.6. The Balaban J connectivity index is 1.27. The Bertz CT molecular complexity index is 2510. The van der Waals surface area contributed by atoms with Crippen LogP contribution >= 0.6 is 0 Å².